The van der Waals surface area contributed by atoms with E-state index in [4.69, 9.17) is 5.73 Å². The predicted molar refractivity (Wildman–Crippen MR) is 106 cm³/mol. The molecule has 1 atom stereocenters. The second-order valence-electron chi connectivity index (χ2n) is 7.87. The monoisotopic (exact) mass is 383 g/mol. The molecule has 0 spiro atoms. The van der Waals surface area contributed by atoms with E-state index < -0.39 is 0 Å². The molecule has 2 aliphatic heterocycles. The molecule has 0 radical (unpaired) electrons. The van der Waals surface area contributed by atoms with Crippen molar-refractivity contribution in [2.75, 3.05) is 24.5 Å². The molecule has 1 saturated heterocycles. The van der Waals surface area contributed by atoms with Crippen LogP contribution in [0.1, 0.15) is 45.0 Å². The first-order valence-electron chi connectivity index (χ1n) is 9.77. The van der Waals surface area contributed by atoms with Gasteiger partial charge in [0.25, 0.3) is 5.91 Å². The van der Waals surface area contributed by atoms with Gasteiger partial charge in [-0.3, -0.25) is 4.79 Å². The number of hydrogen-bond acceptors (Lipinski definition) is 5. The van der Waals surface area contributed by atoms with E-state index in [0.717, 1.165) is 47.7 Å². The smallest absolute Gasteiger partial charge is 0.292 e. The Hall–Kier alpha value is -2.54. The molecule has 1 amide bonds. The lowest BCUT2D eigenvalue weighted by molar-refractivity contribution is 0.0719. The van der Waals surface area contributed by atoms with Crippen molar-refractivity contribution in [3.63, 3.8) is 0 Å². The van der Waals surface area contributed by atoms with E-state index in [-0.39, 0.29) is 30.1 Å². The van der Waals surface area contributed by atoms with Crippen molar-refractivity contribution in [3.8, 4) is 0 Å². The van der Waals surface area contributed by atoms with Gasteiger partial charge in [-0.2, -0.15) is 0 Å². The van der Waals surface area contributed by atoms with Gasteiger partial charge in [0, 0.05) is 49.0 Å². The maximum Gasteiger partial charge on any atom is 0.292 e. The number of benzene rings is 1. The van der Waals surface area contributed by atoms with Crippen LogP contribution in [0.5, 0.6) is 0 Å². The summed E-state index contributed by atoms with van der Waals surface area (Å²) in [6.07, 6.45) is 1.55. The summed E-state index contributed by atoms with van der Waals surface area (Å²) in [4.78, 5) is 25.9. The number of carbonyl (C=O) groups is 1. The Kier molecular flexibility index (Phi) is 4.79. The average Bonchev–Trinajstić information content (AvgIpc) is 3.12. The first-order valence-corrected chi connectivity index (χ1v) is 9.77. The highest BCUT2D eigenvalue weighted by atomic mass is 19.1. The molecule has 28 heavy (non-hydrogen) atoms. The summed E-state index contributed by atoms with van der Waals surface area (Å²) in [7, 11) is 0. The minimum Gasteiger partial charge on any atom is -0.355 e. The SMILES string of the molecule is Cc1ccc(F)c2c1CCN(C(=O)c1nc(C)c(C)c(N3CC[C@@H](N)C3)n1)C2. The Morgan fingerprint density at radius 3 is 2.68 bits per heavy atom. The molecule has 0 unspecified atom stereocenters. The molecule has 0 bridgehead atoms. The van der Waals surface area contributed by atoms with E-state index in [1.54, 1.807) is 11.0 Å². The quantitative estimate of drug-likeness (QED) is 0.861. The van der Waals surface area contributed by atoms with Crippen LogP contribution in [0.15, 0.2) is 12.1 Å². The van der Waals surface area contributed by atoms with Gasteiger partial charge in [0.05, 0.1) is 0 Å². The van der Waals surface area contributed by atoms with Crippen LogP contribution >= 0.6 is 0 Å². The highest BCUT2D eigenvalue weighted by Crippen LogP contribution is 2.27. The molecule has 2 aliphatic rings. The molecule has 2 N–H and O–H groups in total. The van der Waals surface area contributed by atoms with Crippen molar-refractivity contribution in [1.29, 1.82) is 0 Å². The third-order valence-electron chi connectivity index (χ3n) is 5.96. The van der Waals surface area contributed by atoms with Gasteiger partial charge in [0.15, 0.2) is 0 Å². The van der Waals surface area contributed by atoms with Crippen molar-refractivity contribution < 1.29 is 9.18 Å². The van der Waals surface area contributed by atoms with Crippen molar-refractivity contribution >= 4 is 11.7 Å². The van der Waals surface area contributed by atoms with Crippen molar-refractivity contribution in [3.05, 3.63) is 51.7 Å². The molecule has 0 aliphatic carbocycles. The predicted octanol–water partition coefficient (Wildman–Crippen LogP) is 2.28. The van der Waals surface area contributed by atoms with Crippen molar-refractivity contribution in [2.45, 2.75) is 46.2 Å². The summed E-state index contributed by atoms with van der Waals surface area (Å²) in [6.45, 7) is 8.19. The van der Waals surface area contributed by atoms with Gasteiger partial charge in [-0.1, -0.05) is 6.07 Å². The molecular formula is C21H26FN5O. The molecule has 6 nitrogen and oxygen atoms in total. The van der Waals surface area contributed by atoms with Crippen LogP contribution in [-0.4, -0.2) is 46.5 Å². The fraction of sp³-hybridized carbons (Fsp3) is 0.476. The fourth-order valence-corrected chi connectivity index (χ4v) is 4.13. The molecule has 0 saturated carbocycles. The van der Waals surface area contributed by atoms with E-state index in [0.29, 0.717) is 18.5 Å². The van der Waals surface area contributed by atoms with Gasteiger partial charge >= 0.3 is 0 Å². The highest BCUT2D eigenvalue weighted by Gasteiger charge is 2.29. The minimum atomic E-state index is -0.258. The van der Waals surface area contributed by atoms with Gasteiger partial charge in [-0.25, -0.2) is 14.4 Å². The van der Waals surface area contributed by atoms with Crippen molar-refractivity contribution in [2.24, 2.45) is 5.73 Å². The maximum atomic E-state index is 14.3. The van der Waals surface area contributed by atoms with E-state index >= 15 is 0 Å². The number of halogens is 1. The number of carbonyl (C=O) groups excluding carboxylic acids is 1. The molecule has 4 rings (SSSR count). The molecule has 7 heteroatoms. The lowest BCUT2D eigenvalue weighted by Gasteiger charge is -2.30. The number of nitrogens with zero attached hydrogens (tertiary/aromatic N) is 4. The van der Waals surface area contributed by atoms with Crippen LogP contribution in [0, 0.1) is 26.6 Å². The molecule has 1 fully saturated rings. The number of aryl methyl sites for hydroxylation is 2. The Balaban J connectivity index is 1.63. The first-order chi connectivity index (χ1) is 13.3. The second-order valence-corrected chi connectivity index (χ2v) is 7.87. The van der Waals surface area contributed by atoms with Crippen LogP contribution in [-0.2, 0) is 13.0 Å². The van der Waals surface area contributed by atoms with Gasteiger partial charge in [-0.05, 0) is 50.8 Å². The Labute approximate surface area is 164 Å². The van der Waals surface area contributed by atoms with Crippen LogP contribution in [0.3, 0.4) is 0 Å². The number of hydrogen-bond donors (Lipinski definition) is 1. The maximum absolute atomic E-state index is 14.3. The van der Waals surface area contributed by atoms with Gasteiger partial charge < -0.3 is 15.5 Å². The molecule has 148 valence electrons. The highest BCUT2D eigenvalue weighted by molar-refractivity contribution is 5.91. The van der Waals surface area contributed by atoms with Crippen molar-refractivity contribution in [1.82, 2.24) is 14.9 Å². The number of amides is 1. The topological polar surface area (TPSA) is 75.4 Å². The van der Waals surface area contributed by atoms with E-state index in [1.165, 1.54) is 6.07 Å². The second kappa shape index (κ2) is 7.13. The zero-order valence-corrected chi connectivity index (χ0v) is 16.6. The Morgan fingerprint density at radius 2 is 1.96 bits per heavy atom. The Bertz CT molecular complexity index is 945. The molecular weight excluding hydrogens is 357 g/mol. The lowest BCUT2D eigenvalue weighted by atomic mass is 9.94. The van der Waals surface area contributed by atoms with Crippen LogP contribution in [0.25, 0.3) is 0 Å². The summed E-state index contributed by atoms with van der Waals surface area (Å²) in [6, 6.07) is 3.40. The summed E-state index contributed by atoms with van der Waals surface area (Å²) in [5.41, 5.74) is 10.5. The largest absolute Gasteiger partial charge is 0.355 e. The number of anilines is 1. The summed E-state index contributed by atoms with van der Waals surface area (Å²) in [5, 5.41) is 0. The van der Waals surface area contributed by atoms with E-state index in [9.17, 15) is 9.18 Å². The third-order valence-corrected chi connectivity index (χ3v) is 5.96. The summed E-state index contributed by atoms with van der Waals surface area (Å²) >= 11 is 0. The first kappa shape index (κ1) is 18.8. The van der Waals surface area contributed by atoms with E-state index in [2.05, 4.69) is 14.9 Å². The number of rotatable bonds is 2. The van der Waals surface area contributed by atoms with Gasteiger partial charge in [0.1, 0.15) is 11.6 Å². The van der Waals surface area contributed by atoms with Crippen LogP contribution < -0.4 is 10.6 Å². The zero-order valence-electron chi connectivity index (χ0n) is 16.6. The summed E-state index contributed by atoms with van der Waals surface area (Å²) in [5.74, 6) is 0.448. The normalized spacial score (nSPS) is 19.1. The number of fused-ring (bicyclic) bond motifs is 1. The van der Waals surface area contributed by atoms with Gasteiger partial charge in [-0.15, -0.1) is 0 Å². The standard InChI is InChI=1S/C21H26FN5O/c1-12-4-5-18(22)17-11-27(9-7-16(12)17)21(28)19-24-14(3)13(2)20(25-19)26-8-6-15(23)10-26/h4-5,15H,6-11,23H2,1-3H3/t15-/m1/s1. The third kappa shape index (κ3) is 3.24. The Morgan fingerprint density at radius 1 is 1.18 bits per heavy atom. The molecule has 1 aromatic heterocycles. The average molecular weight is 383 g/mol. The minimum absolute atomic E-state index is 0.124. The number of aromatic nitrogens is 2. The molecule has 3 heterocycles. The lowest BCUT2D eigenvalue weighted by Crippen LogP contribution is -2.38. The van der Waals surface area contributed by atoms with E-state index in [1.807, 2.05) is 20.8 Å². The zero-order chi connectivity index (χ0) is 20.0. The molecule has 1 aromatic carbocycles. The number of nitrogens with two attached hydrogens (primary N) is 1. The molecule has 2 aromatic rings. The summed E-state index contributed by atoms with van der Waals surface area (Å²) < 4.78 is 14.3. The van der Waals surface area contributed by atoms with Gasteiger partial charge in [0.2, 0.25) is 5.82 Å². The van der Waals surface area contributed by atoms with Crippen LogP contribution in [0.2, 0.25) is 0 Å². The van der Waals surface area contributed by atoms with Crippen LogP contribution in [0.4, 0.5) is 10.2 Å². The fourth-order valence-electron chi connectivity index (χ4n) is 4.13.